The lowest BCUT2D eigenvalue weighted by Gasteiger charge is -2.13. The van der Waals surface area contributed by atoms with Gasteiger partial charge < -0.3 is 9.84 Å². The highest BCUT2D eigenvalue weighted by atomic mass is 79.9. The van der Waals surface area contributed by atoms with Crippen LogP contribution in [0.25, 0.3) is 0 Å². The van der Waals surface area contributed by atoms with Crippen LogP contribution in [0.5, 0.6) is 11.5 Å². The lowest BCUT2D eigenvalue weighted by molar-refractivity contribution is -0.385. The van der Waals surface area contributed by atoms with E-state index in [9.17, 15) is 15.2 Å². The van der Waals surface area contributed by atoms with Gasteiger partial charge in [-0.25, -0.2) is 0 Å². The summed E-state index contributed by atoms with van der Waals surface area (Å²) in [7, 11) is 0. The van der Waals surface area contributed by atoms with Crippen molar-refractivity contribution in [3.05, 3.63) is 61.6 Å². The zero-order chi connectivity index (χ0) is 15.6. The molecule has 2 aromatic rings. The zero-order valence-electron chi connectivity index (χ0n) is 11.6. The van der Waals surface area contributed by atoms with Crippen molar-refractivity contribution in [2.24, 2.45) is 0 Å². The minimum Gasteiger partial charge on any atom is -0.449 e. The first-order valence-electron chi connectivity index (χ1n) is 6.25. The molecule has 0 saturated heterocycles. The molecule has 0 atom stereocenters. The third kappa shape index (κ3) is 3.40. The highest BCUT2D eigenvalue weighted by Crippen LogP contribution is 2.38. The summed E-state index contributed by atoms with van der Waals surface area (Å²) < 4.78 is 6.33. The maximum absolute atomic E-state index is 11.2. The summed E-state index contributed by atoms with van der Waals surface area (Å²) in [6.45, 7) is 3.44. The number of nitro groups is 1. The van der Waals surface area contributed by atoms with Gasteiger partial charge >= 0.3 is 5.69 Å². The fourth-order valence-electron chi connectivity index (χ4n) is 2.02. The van der Waals surface area contributed by atoms with Crippen LogP contribution in [0, 0.1) is 24.0 Å². The van der Waals surface area contributed by atoms with Crippen LogP contribution < -0.4 is 4.74 Å². The molecule has 0 amide bonds. The molecule has 0 heterocycles. The molecule has 0 unspecified atom stereocenters. The SMILES string of the molecule is Cc1ccc(Oc2c(C)cc(Br)cc2[N+](=O)[O-])c(CO)c1. The third-order valence-corrected chi connectivity index (χ3v) is 3.47. The van der Waals surface area contributed by atoms with Crippen LogP contribution >= 0.6 is 15.9 Å². The van der Waals surface area contributed by atoms with E-state index in [1.54, 1.807) is 25.1 Å². The number of nitrogens with zero attached hydrogens (tertiary/aromatic N) is 1. The Bertz CT molecular complexity index is 700. The van der Waals surface area contributed by atoms with Gasteiger partial charge in [0.2, 0.25) is 5.75 Å². The molecule has 0 aliphatic heterocycles. The smallest absolute Gasteiger partial charge is 0.312 e. The molecular formula is C15H14BrNO4. The van der Waals surface area contributed by atoms with Crippen molar-refractivity contribution in [3.63, 3.8) is 0 Å². The average molecular weight is 352 g/mol. The van der Waals surface area contributed by atoms with Gasteiger partial charge in [-0.3, -0.25) is 10.1 Å². The lowest BCUT2D eigenvalue weighted by Crippen LogP contribution is -1.98. The summed E-state index contributed by atoms with van der Waals surface area (Å²) in [6.07, 6.45) is 0. The van der Waals surface area contributed by atoms with E-state index < -0.39 is 4.92 Å². The first-order chi connectivity index (χ1) is 9.92. The van der Waals surface area contributed by atoms with Crippen molar-refractivity contribution in [1.82, 2.24) is 0 Å². The molecule has 0 bridgehead atoms. The molecule has 110 valence electrons. The Kier molecular flexibility index (Phi) is 4.59. The Morgan fingerprint density at radius 3 is 2.62 bits per heavy atom. The molecule has 0 radical (unpaired) electrons. The van der Waals surface area contributed by atoms with E-state index in [4.69, 9.17) is 4.74 Å². The molecule has 0 aromatic heterocycles. The van der Waals surface area contributed by atoms with Crippen LogP contribution in [0.3, 0.4) is 0 Å². The van der Waals surface area contributed by atoms with Gasteiger partial charge in [-0.15, -0.1) is 0 Å². The summed E-state index contributed by atoms with van der Waals surface area (Å²) in [5.74, 6) is 0.596. The zero-order valence-corrected chi connectivity index (χ0v) is 13.2. The van der Waals surface area contributed by atoms with Crippen LogP contribution in [0.4, 0.5) is 5.69 Å². The van der Waals surface area contributed by atoms with Crippen LogP contribution in [-0.4, -0.2) is 10.0 Å². The van der Waals surface area contributed by atoms with E-state index in [0.717, 1.165) is 5.56 Å². The Balaban J connectivity index is 2.51. The predicted molar refractivity (Wildman–Crippen MR) is 82.7 cm³/mol. The molecule has 0 aliphatic rings. The Labute approximate surface area is 130 Å². The molecule has 2 rings (SSSR count). The van der Waals surface area contributed by atoms with E-state index >= 15 is 0 Å². The minimum atomic E-state index is -0.486. The molecule has 5 nitrogen and oxygen atoms in total. The third-order valence-electron chi connectivity index (χ3n) is 3.01. The van der Waals surface area contributed by atoms with Crippen molar-refractivity contribution >= 4 is 21.6 Å². The molecule has 21 heavy (non-hydrogen) atoms. The van der Waals surface area contributed by atoms with Crippen LogP contribution in [0.2, 0.25) is 0 Å². The van der Waals surface area contributed by atoms with Gasteiger partial charge in [0.25, 0.3) is 0 Å². The van der Waals surface area contributed by atoms with Gasteiger partial charge in [0.15, 0.2) is 0 Å². The minimum absolute atomic E-state index is 0.119. The maximum atomic E-state index is 11.2. The number of hydrogen-bond donors (Lipinski definition) is 1. The van der Waals surface area contributed by atoms with E-state index in [1.165, 1.54) is 6.07 Å². The average Bonchev–Trinajstić information content (AvgIpc) is 2.42. The number of benzene rings is 2. The topological polar surface area (TPSA) is 72.6 Å². The standard InChI is InChI=1S/C15H14BrNO4/c1-9-3-4-14(11(5-9)8-18)21-15-10(2)6-12(16)7-13(15)17(19)20/h3-7,18H,8H2,1-2H3. The second-order valence-corrected chi connectivity index (χ2v) is 5.62. The quantitative estimate of drug-likeness (QED) is 0.659. The van der Waals surface area contributed by atoms with Gasteiger partial charge in [0.05, 0.1) is 11.5 Å². The summed E-state index contributed by atoms with van der Waals surface area (Å²) in [5.41, 5.74) is 2.09. The van der Waals surface area contributed by atoms with Gasteiger partial charge in [0.1, 0.15) is 5.75 Å². The summed E-state index contributed by atoms with van der Waals surface area (Å²) >= 11 is 3.24. The van der Waals surface area contributed by atoms with Crippen LogP contribution in [-0.2, 0) is 6.61 Å². The summed E-state index contributed by atoms with van der Waals surface area (Å²) in [5, 5.41) is 20.6. The highest BCUT2D eigenvalue weighted by Gasteiger charge is 2.20. The molecular weight excluding hydrogens is 338 g/mol. The number of hydrogen-bond acceptors (Lipinski definition) is 4. The summed E-state index contributed by atoms with van der Waals surface area (Å²) in [6, 6.07) is 8.46. The second-order valence-electron chi connectivity index (χ2n) is 4.70. The van der Waals surface area contributed by atoms with Crippen molar-refractivity contribution in [2.75, 3.05) is 0 Å². The van der Waals surface area contributed by atoms with Crippen LogP contribution in [0.1, 0.15) is 16.7 Å². The molecule has 2 aromatic carbocycles. The molecule has 1 N–H and O–H groups in total. The van der Waals surface area contributed by atoms with Gasteiger partial charge in [-0.05, 0) is 31.5 Å². The number of aliphatic hydroxyl groups excluding tert-OH is 1. The fourth-order valence-corrected chi connectivity index (χ4v) is 2.58. The number of nitro benzene ring substituents is 1. The Morgan fingerprint density at radius 2 is 2.00 bits per heavy atom. The summed E-state index contributed by atoms with van der Waals surface area (Å²) in [4.78, 5) is 10.7. The highest BCUT2D eigenvalue weighted by molar-refractivity contribution is 9.10. The number of halogens is 1. The predicted octanol–water partition coefficient (Wildman–Crippen LogP) is 4.26. The monoisotopic (exact) mass is 351 g/mol. The maximum Gasteiger partial charge on any atom is 0.312 e. The van der Waals surface area contributed by atoms with Crippen molar-refractivity contribution in [3.8, 4) is 11.5 Å². The molecule has 0 saturated carbocycles. The molecule has 0 aliphatic carbocycles. The van der Waals surface area contributed by atoms with Crippen LogP contribution in [0.15, 0.2) is 34.8 Å². The second kappa shape index (κ2) is 6.24. The van der Waals surface area contributed by atoms with E-state index in [-0.39, 0.29) is 18.0 Å². The first kappa shape index (κ1) is 15.5. The molecule has 0 fully saturated rings. The lowest BCUT2D eigenvalue weighted by atomic mass is 10.1. The number of aliphatic hydroxyl groups is 1. The Hall–Kier alpha value is -1.92. The number of rotatable bonds is 4. The number of ether oxygens (including phenoxy) is 1. The van der Waals surface area contributed by atoms with Crippen molar-refractivity contribution < 1.29 is 14.8 Å². The van der Waals surface area contributed by atoms with Crippen molar-refractivity contribution in [1.29, 1.82) is 0 Å². The van der Waals surface area contributed by atoms with Crippen molar-refractivity contribution in [2.45, 2.75) is 20.5 Å². The van der Waals surface area contributed by atoms with Gasteiger partial charge in [-0.2, -0.15) is 0 Å². The number of aryl methyl sites for hydroxylation is 2. The largest absolute Gasteiger partial charge is 0.449 e. The van der Waals surface area contributed by atoms with Gasteiger partial charge in [0, 0.05) is 16.1 Å². The molecule has 0 spiro atoms. The normalized spacial score (nSPS) is 10.5. The van der Waals surface area contributed by atoms with Gasteiger partial charge in [-0.1, -0.05) is 33.6 Å². The van der Waals surface area contributed by atoms with E-state index in [1.807, 2.05) is 13.0 Å². The first-order valence-corrected chi connectivity index (χ1v) is 7.04. The fraction of sp³-hybridized carbons (Fsp3) is 0.200. The Morgan fingerprint density at radius 1 is 1.29 bits per heavy atom. The van der Waals surface area contributed by atoms with E-state index in [2.05, 4.69) is 15.9 Å². The van der Waals surface area contributed by atoms with E-state index in [0.29, 0.717) is 21.3 Å². The molecule has 6 heteroatoms.